The van der Waals surface area contributed by atoms with Crippen LogP contribution in [0.4, 0.5) is 22.7 Å². The monoisotopic (exact) mass is 818 g/mol. The quantitative estimate of drug-likeness (QED) is 0.165. The first-order chi connectivity index (χ1) is 26.4. The molecule has 0 heterocycles. The maximum absolute atomic E-state index is 13.8. The van der Waals surface area contributed by atoms with E-state index in [1.807, 2.05) is 79.7 Å². The Balaban J connectivity index is 0.000000172. The lowest BCUT2D eigenvalue weighted by atomic mass is 9.70. The van der Waals surface area contributed by atoms with Gasteiger partial charge in [-0.25, -0.2) is 25.4 Å². The van der Waals surface area contributed by atoms with Gasteiger partial charge in [-0.15, -0.1) is 0 Å². The SMILES string of the molecule is CC1(C)C2CCC1(CS(=O)(=O)N(c1ccccc1)c1ccccc1Cl)C(O)C2.Cc1cccc(N(c2ccccc2)S(=O)(=O)CC23CCC(CC2O)C3(C)C)c1. The number of fused-ring (bicyclic) bond motifs is 4. The van der Waals surface area contributed by atoms with Crippen molar-refractivity contribution in [1.29, 1.82) is 0 Å². The zero-order chi connectivity index (χ0) is 40.3. The number of aryl methyl sites for hydroxylation is 1. The summed E-state index contributed by atoms with van der Waals surface area (Å²) in [5.41, 5.74) is 1.63. The molecule has 0 amide bonds. The molecule has 0 aromatic heterocycles. The highest BCUT2D eigenvalue weighted by Gasteiger charge is 2.66. The Bertz CT molecular complexity index is 2270. The minimum atomic E-state index is -3.79. The van der Waals surface area contributed by atoms with Gasteiger partial charge < -0.3 is 10.2 Å². The van der Waals surface area contributed by atoms with Crippen LogP contribution < -0.4 is 8.61 Å². The number of hydrogen-bond donors (Lipinski definition) is 2. The molecule has 2 N–H and O–H groups in total. The second kappa shape index (κ2) is 14.8. The third kappa shape index (κ3) is 6.77. The van der Waals surface area contributed by atoms with Crippen molar-refractivity contribution in [1.82, 2.24) is 0 Å². The molecular weight excluding hydrogens is 764 g/mol. The van der Waals surface area contributed by atoms with Gasteiger partial charge in [0.1, 0.15) is 0 Å². The number of nitrogens with zero attached hydrogens (tertiary/aromatic N) is 2. The number of sulfonamides is 2. The molecule has 0 spiro atoms. The van der Waals surface area contributed by atoms with Gasteiger partial charge in [0.05, 0.1) is 51.5 Å². The largest absolute Gasteiger partial charge is 0.392 e. The van der Waals surface area contributed by atoms with Gasteiger partial charge in [0.25, 0.3) is 0 Å². The highest BCUT2D eigenvalue weighted by molar-refractivity contribution is 7.93. The lowest BCUT2D eigenvalue weighted by molar-refractivity contribution is 0.0152. The van der Waals surface area contributed by atoms with Crippen molar-refractivity contribution in [2.24, 2.45) is 33.5 Å². The first kappa shape index (κ1) is 40.8. The molecule has 8 nitrogen and oxygen atoms in total. The fourth-order valence-electron chi connectivity index (χ4n) is 11.0. The molecule has 4 aromatic rings. The van der Waals surface area contributed by atoms with Gasteiger partial charge in [-0.05, 0) is 122 Å². The Morgan fingerprint density at radius 3 is 1.46 bits per heavy atom. The van der Waals surface area contributed by atoms with Gasteiger partial charge in [0.2, 0.25) is 20.0 Å². The van der Waals surface area contributed by atoms with E-state index in [1.54, 1.807) is 36.4 Å². The van der Waals surface area contributed by atoms with E-state index in [0.29, 0.717) is 52.4 Å². The van der Waals surface area contributed by atoms with Gasteiger partial charge in [-0.2, -0.15) is 0 Å². The molecule has 300 valence electrons. The molecule has 6 atom stereocenters. The molecule has 0 radical (unpaired) electrons. The van der Waals surface area contributed by atoms with Crippen LogP contribution in [0.3, 0.4) is 0 Å². The minimum absolute atomic E-state index is 0.0342. The van der Waals surface area contributed by atoms with E-state index >= 15 is 0 Å². The molecule has 6 unspecified atom stereocenters. The molecule has 4 bridgehead atoms. The number of anilines is 4. The summed E-state index contributed by atoms with van der Waals surface area (Å²) in [7, 11) is -7.50. The summed E-state index contributed by atoms with van der Waals surface area (Å²) in [5.74, 6) is 0.628. The number of para-hydroxylation sites is 3. The summed E-state index contributed by atoms with van der Waals surface area (Å²) < 4.78 is 58.1. The Kier molecular flexibility index (Phi) is 10.7. The van der Waals surface area contributed by atoms with E-state index in [0.717, 1.165) is 31.2 Å². The van der Waals surface area contributed by atoms with Crippen molar-refractivity contribution < 1.29 is 27.0 Å². The Morgan fingerprint density at radius 1 is 0.607 bits per heavy atom. The molecule has 4 aromatic carbocycles. The number of rotatable bonds is 10. The lowest BCUT2D eigenvalue weighted by Gasteiger charge is -2.41. The number of hydrogen-bond acceptors (Lipinski definition) is 6. The highest BCUT2D eigenvalue weighted by Crippen LogP contribution is 2.67. The van der Waals surface area contributed by atoms with E-state index < -0.39 is 43.1 Å². The Morgan fingerprint density at radius 2 is 1.04 bits per heavy atom. The summed E-state index contributed by atoms with van der Waals surface area (Å²) in [6.07, 6.45) is 3.69. The number of benzene rings is 4. The maximum atomic E-state index is 13.8. The topological polar surface area (TPSA) is 115 Å². The van der Waals surface area contributed by atoms with Gasteiger partial charge in [-0.1, -0.05) is 100.0 Å². The third-order valence-corrected chi connectivity index (χ3v) is 18.5. The summed E-state index contributed by atoms with van der Waals surface area (Å²) in [4.78, 5) is 0. The third-order valence-electron chi connectivity index (χ3n) is 14.5. The summed E-state index contributed by atoms with van der Waals surface area (Å²) in [6.45, 7) is 10.5. The number of halogens is 1. The van der Waals surface area contributed by atoms with Crippen molar-refractivity contribution in [2.75, 3.05) is 20.1 Å². The van der Waals surface area contributed by atoms with Crippen LogP contribution in [0.25, 0.3) is 0 Å². The molecule has 4 aliphatic carbocycles. The second-order valence-corrected chi connectivity index (χ2v) is 21.8. The molecule has 56 heavy (non-hydrogen) atoms. The second-order valence-electron chi connectivity index (χ2n) is 17.7. The Hall–Kier alpha value is -3.41. The van der Waals surface area contributed by atoms with Crippen LogP contribution in [0.5, 0.6) is 0 Å². The van der Waals surface area contributed by atoms with Crippen LogP contribution in [0.1, 0.15) is 71.8 Å². The summed E-state index contributed by atoms with van der Waals surface area (Å²) in [5, 5.41) is 22.1. The van der Waals surface area contributed by atoms with Crippen LogP contribution in [-0.4, -0.2) is 50.8 Å². The van der Waals surface area contributed by atoms with Gasteiger partial charge in [-0.3, -0.25) is 0 Å². The molecular formula is C45H55ClN2O6S2. The zero-order valence-corrected chi connectivity index (χ0v) is 35.4. The van der Waals surface area contributed by atoms with Crippen molar-refractivity contribution in [3.05, 3.63) is 120 Å². The summed E-state index contributed by atoms with van der Waals surface area (Å²) >= 11 is 6.40. The molecule has 4 fully saturated rings. The van der Waals surface area contributed by atoms with Crippen molar-refractivity contribution in [3.63, 3.8) is 0 Å². The standard InChI is InChI=1S/C23H29NO3S.C22H26ClNO3S/c1-17-8-7-11-20(14-17)24(19-9-5-4-6-10-19)28(26,27)16-23-13-12-18(15-21(23)25)22(23,2)3;1-21(2)16-12-13-22(21,20(25)14-16)15-28(26,27)24(17-8-4-3-5-9-17)19-11-7-6-10-18(19)23/h4-11,14,18,21,25H,12-13,15-16H2,1-3H3;3-11,16,20,25H,12-15H2,1-2H3. The van der Waals surface area contributed by atoms with Gasteiger partial charge in [0, 0.05) is 10.8 Å². The van der Waals surface area contributed by atoms with Gasteiger partial charge in [0.15, 0.2) is 0 Å². The normalized spacial score (nSPS) is 28.4. The molecule has 11 heteroatoms. The fraction of sp³-hybridized carbons (Fsp3) is 0.467. The van der Waals surface area contributed by atoms with E-state index in [9.17, 15) is 27.0 Å². The average molecular weight is 820 g/mol. The van der Waals surface area contributed by atoms with E-state index in [4.69, 9.17) is 11.6 Å². The molecule has 8 rings (SSSR count). The minimum Gasteiger partial charge on any atom is -0.392 e. The van der Waals surface area contributed by atoms with Crippen LogP contribution in [0.2, 0.25) is 5.02 Å². The van der Waals surface area contributed by atoms with E-state index in [1.165, 1.54) is 8.61 Å². The van der Waals surface area contributed by atoms with Crippen molar-refractivity contribution >= 4 is 54.4 Å². The lowest BCUT2D eigenvalue weighted by Crippen LogP contribution is -2.47. The average Bonchev–Trinajstić information content (AvgIpc) is 3.67. The van der Waals surface area contributed by atoms with Gasteiger partial charge >= 0.3 is 0 Å². The van der Waals surface area contributed by atoms with E-state index in [2.05, 4.69) is 27.7 Å². The van der Waals surface area contributed by atoms with Crippen LogP contribution >= 0.6 is 11.6 Å². The Labute approximate surface area is 338 Å². The molecule has 4 saturated carbocycles. The number of aliphatic hydroxyl groups is 2. The van der Waals surface area contributed by atoms with Crippen molar-refractivity contribution in [3.8, 4) is 0 Å². The maximum Gasteiger partial charge on any atom is 0.240 e. The predicted molar refractivity (Wildman–Crippen MR) is 226 cm³/mol. The number of aliphatic hydroxyl groups excluding tert-OH is 2. The highest BCUT2D eigenvalue weighted by atomic mass is 35.5. The zero-order valence-electron chi connectivity index (χ0n) is 33.0. The predicted octanol–water partition coefficient (Wildman–Crippen LogP) is 9.65. The van der Waals surface area contributed by atoms with Crippen LogP contribution in [-0.2, 0) is 20.0 Å². The van der Waals surface area contributed by atoms with Crippen LogP contribution in [0.15, 0.2) is 109 Å². The smallest absolute Gasteiger partial charge is 0.240 e. The first-order valence-corrected chi connectivity index (χ1v) is 23.3. The van der Waals surface area contributed by atoms with E-state index in [-0.39, 0.29) is 22.3 Å². The fourth-order valence-corrected chi connectivity index (χ4v) is 16.0. The molecule has 4 aliphatic rings. The van der Waals surface area contributed by atoms with Crippen molar-refractivity contribution in [2.45, 2.75) is 85.4 Å². The molecule has 0 aliphatic heterocycles. The first-order valence-electron chi connectivity index (χ1n) is 19.7. The molecule has 0 saturated heterocycles. The van der Waals surface area contributed by atoms with Crippen LogP contribution in [0, 0.1) is 40.4 Å². The summed E-state index contributed by atoms with van der Waals surface area (Å²) in [6, 6.07) is 32.8.